The predicted molar refractivity (Wildman–Crippen MR) is 83.3 cm³/mol. The van der Waals surface area contributed by atoms with E-state index in [9.17, 15) is 0 Å². The fraction of sp³-hybridized carbons (Fsp3) is 0.667. The molecule has 2 N–H and O–H groups in total. The molecule has 0 bridgehead atoms. The highest BCUT2D eigenvalue weighted by Crippen LogP contribution is 2.24. The van der Waals surface area contributed by atoms with Crippen molar-refractivity contribution in [2.45, 2.75) is 20.3 Å². The molecule has 5 nitrogen and oxygen atoms in total. The highest BCUT2D eigenvalue weighted by Gasteiger charge is 2.15. The van der Waals surface area contributed by atoms with Crippen LogP contribution < -0.4 is 15.4 Å². The van der Waals surface area contributed by atoms with Gasteiger partial charge in [-0.3, -0.25) is 0 Å². The molecule has 2 heterocycles. The molecule has 1 aliphatic heterocycles. The summed E-state index contributed by atoms with van der Waals surface area (Å²) in [6.07, 6.45) is 1.16. The van der Waals surface area contributed by atoms with Gasteiger partial charge in [-0.1, -0.05) is 13.8 Å². The summed E-state index contributed by atoms with van der Waals surface area (Å²) in [5.74, 6) is 1.99. The smallest absolute Gasteiger partial charge is 0.239 e. The third-order valence-corrected chi connectivity index (χ3v) is 3.47. The quantitative estimate of drug-likeness (QED) is 0.911. The minimum Gasteiger partial charge on any atom is -0.476 e. The van der Waals surface area contributed by atoms with E-state index in [1.807, 2.05) is 12.1 Å². The lowest BCUT2D eigenvalue weighted by Crippen LogP contribution is -2.29. The lowest BCUT2D eigenvalue weighted by atomic mass is 10.2. The number of rotatable bonds is 4. The van der Waals surface area contributed by atoms with Gasteiger partial charge in [-0.05, 0) is 38.1 Å². The molecule has 0 amide bonds. The average Bonchev–Trinajstić information content (AvgIpc) is 2.62. The highest BCUT2D eigenvalue weighted by molar-refractivity contribution is 5.54. The van der Waals surface area contributed by atoms with Crippen molar-refractivity contribution in [1.82, 2.24) is 9.88 Å². The van der Waals surface area contributed by atoms with Crippen LogP contribution in [0.25, 0.3) is 0 Å². The van der Waals surface area contributed by atoms with E-state index in [0.717, 1.165) is 38.4 Å². The van der Waals surface area contributed by atoms with Crippen LogP contribution in [0.4, 0.5) is 11.5 Å². The molecule has 0 radical (unpaired) electrons. The van der Waals surface area contributed by atoms with Crippen molar-refractivity contribution in [1.29, 1.82) is 0 Å². The number of ether oxygens (including phenoxy) is 1. The molecule has 1 fully saturated rings. The van der Waals surface area contributed by atoms with Gasteiger partial charge in [0.1, 0.15) is 5.82 Å². The summed E-state index contributed by atoms with van der Waals surface area (Å²) in [6.45, 7) is 9.11. The lowest BCUT2D eigenvalue weighted by Gasteiger charge is -2.22. The minimum absolute atomic E-state index is 0.465. The summed E-state index contributed by atoms with van der Waals surface area (Å²) in [7, 11) is 2.16. The Hall–Kier alpha value is -1.49. The molecule has 1 aliphatic rings. The number of hydrogen-bond acceptors (Lipinski definition) is 5. The second-order valence-corrected chi connectivity index (χ2v) is 5.91. The van der Waals surface area contributed by atoms with Gasteiger partial charge in [-0.2, -0.15) is 4.98 Å². The molecule has 0 saturated carbocycles. The molecule has 1 aromatic rings. The molecule has 0 aliphatic carbocycles. The van der Waals surface area contributed by atoms with Gasteiger partial charge >= 0.3 is 0 Å². The molecule has 20 heavy (non-hydrogen) atoms. The van der Waals surface area contributed by atoms with E-state index in [4.69, 9.17) is 10.5 Å². The van der Waals surface area contributed by atoms with Crippen LogP contribution in [0, 0.1) is 5.92 Å². The largest absolute Gasteiger partial charge is 0.476 e. The molecular weight excluding hydrogens is 252 g/mol. The lowest BCUT2D eigenvalue weighted by molar-refractivity contribution is 0.263. The standard InChI is InChI=1S/C15H26N4O/c1-12(2)11-20-15-13(16)5-6-14(17-15)19-8-4-7-18(3)9-10-19/h5-6,12H,4,7-11,16H2,1-3H3. The Morgan fingerprint density at radius 3 is 2.80 bits per heavy atom. The second-order valence-electron chi connectivity index (χ2n) is 5.91. The summed E-state index contributed by atoms with van der Waals surface area (Å²) in [5.41, 5.74) is 6.56. The van der Waals surface area contributed by atoms with E-state index in [-0.39, 0.29) is 0 Å². The van der Waals surface area contributed by atoms with Gasteiger partial charge in [0.25, 0.3) is 0 Å². The maximum absolute atomic E-state index is 5.94. The predicted octanol–water partition coefficient (Wildman–Crippen LogP) is 1.84. The van der Waals surface area contributed by atoms with Gasteiger partial charge in [-0.25, -0.2) is 0 Å². The molecule has 1 aromatic heterocycles. The van der Waals surface area contributed by atoms with Crippen molar-refractivity contribution in [3.05, 3.63) is 12.1 Å². The van der Waals surface area contributed by atoms with Gasteiger partial charge in [0.15, 0.2) is 0 Å². The molecule has 0 spiro atoms. The zero-order valence-corrected chi connectivity index (χ0v) is 12.8. The normalized spacial score (nSPS) is 17.3. The Labute approximate surface area is 121 Å². The fourth-order valence-corrected chi connectivity index (χ4v) is 2.25. The number of pyridine rings is 1. The fourth-order valence-electron chi connectivity index (χ4n) is 2.25. The van der Waals surface area contributed by atoms with Crippen molar-refractivity contribution in [2.75, 3.05) is 50.5 Å². The maximum Gasteiger partial charge on any atom is 0.239 e. The van der Waals surface area contributed by atoms with Crippen LogP contribution in [-0.2, 0) is 0 Å². The van der Waals surface area contributed by atoms with Crippen LogP contribution in [0.1, 0.15) is 20.3 Å². The summed E-state index contributed by atoms with van der Waals surface area (Å²) in [4.78, 5) is 9.26. The summed E-state index contributed by atoms with van der Waals surface area (Å²) in [5, 5.41) is 0. The molecule has 0 aromatic carbocycles. The number of anilines is 2. The van der Waals surface area contributed by atoms with Gasteiger partial charge < -0.3 is 20.3 Å². The topological polar surface area (TPSA) is 54.6 Å². The highest BCUT2D eigenvalue weighted by atomic mass is 16.5. The monoisotopic (exact) mass is 278 g/mol. The first-order chi connectivity index (χ1) is 9.56. The number of hydrogen-bond donors (Lipinski definition) is 1. The molecule has 1 saturated heterocycles. The van der Waals surface area contributed by atoms with Crippen molar-refractivity contribution in [3.63, 3.8) is 0 Å². The van der Waals surface area contributed by atoms with Crippen molar-refractivity contribution in [3.8, 4) is 5.88 Å². The molecule has 2 rings (SSSR count). The van der Waals surface area contributed by atoms with Crippen LogP contribution in [0.5, 0.6) is 5.88 Å². The summed E-state index contributed by atoms with van der Waals surface area (Å²) in [6, 6.07) is 3.88. The SMILES string of the molecule is CC(C)COc1nc(N2CCCN(C)CC2)ccc1N. The maximum atomic E-state index is 5.94. The van der Waals surface area contributed by atoms with E-state index in [1.54, 1.807) is 0 Å². The average molecular weight is 278 g/mol. The molecule has 0 atom stereocenters. The van der Waals surface area contributed by atoms with Gasteiger partial charge in [0, 0.05) is 19.6 Å². The first-order valence-corrected chi connectivity index (χ1v) is 7.39. The number of likely N-dealkylation sites (N-methyl/N-ethyl adjacent to an activating group) is 1. The van der Waals surface area contributed by atoms with Crippen LogP contribution in [0.3, 0.4) is 0 Å². The molecule has 112 valence electrons. The zero-order chi connectivity index (χ0) is 14.5. The molecule has 0 unspecified atom stereocenters. The van der Waals surface area contributed by atoms with Crippen LogP contribution in [0.2, 0.25) is 0 Å². The van der Waals surface area contributed by atoms with E-state index < -0.39 is 0 Å². The van der Waals surface area contributed by atoms with Gasteiger partial charge in [0.05, 0.1) is 12.3 Å². The molecule has 5 heteroatoms. The molecular formula is C15H26N4O. The summed E-state index contributed by atoms with van der Waals surface area (Å²) >= 11 is 0. The number of aromatic nitrogens is 1. The van der Waals surface area contributed by atoms with Crippen LogP contribution in [-0.4, -0.2) is 49.7 Å². The summed E-state index contributed by atoms with van der Waals surface area (Å²) < 4.78 is 5.71. The van der Waals surface area contributed by atoms with Crippen LogP contribution in [0.15, 0.2) is 12.1 Å². The van der Waals surface area contributed by atoms with E-state index >= 15 is 0 Å². The number of nitrogens with two attached hydrogens (primary N) is 1. The first-order valence-electron chi connectivity index (χ1n) is 7.39. The minimum atomic E-state index is 0.465. The number of nitrogen functional groups attached to an aromatic ring is 1. The first kappa shape index (κ1) is 14.9. The number of nitrogens with zero attached hydrogens (tertiary/aromatic N) is 3. The Morgan fingerprint density at radius 1 is 1.25 bits per heavy atom. The van der Waals surface area contributed by atoms with Crippen molar-refractivity contribution < 1.29 is 4.74 Å². The Balaban J connectivity index is 2.09. The van der Waals surface area contributed by atoms with Crippen molar-refractivity contribution in [2.24, 2.45) is 5.92 Å². The Bertz CT molecular complexity index is 436. The van der Waals surface area contributed by atoms with E-state index in [0.29, 0.717) is 24.1 Å². The van der Waals surface area contributed by atoms with Crippen LogP contribution >= 0.6 is 0 Å². The van der Waals surface area contributed by atoms with E-state index in [2.05, 4.69) is 35.7 Å². The Morgan fingerprint density at radius 2 is 2.05 bits per heavy atom. The van der Waals surface area contributed by atoms with Crippen molar-refractivity contribution >= 4 is 11.5 Å². The van der Waals surface area contributed by atoms with Gasteiger partial charge in [0.2, 0.25) is 5.88 Å². The second kappa shape index (κ2) is 6.79. The zero-order valence-electron chi connectivity index (χ0n) is 12.8. The third-order valence-electron chi connectivity index (χ3n) is 3.47. The Kier molecular flexibility index (Phi) is 5.06. The van der Waals surface area contributed by atoms with Gasteiger partial charge in [-0.15, -0.1) is 0 Å². The van der Waals surface area contributed by atoms with E-state index in [1.165, 1.54) is 0 Å². The third kappa shape index (κ3) is 4.00.